The third kappa shape index (κ3) is 3.46. The van der Waals surface area contributed by atoms with Crippen LogP contribution in [-0.4, -0.2) is 46.8 Å². The van der Waals surface area contributed by atoms with E-state index in [1.165, 1.54) is 11.1 Å². The van der Waals surface area contributed by atoms with Gasteiger partial charge in [0.2, 0.25) is 5.95 Å². The van der Waals surface area contributed by atoms with Crippen molar-refractivity contribution in [1.29, 1.82) is 0 Å². The van der Waals surface area contributed by atoms with Gasteiger partial charge in [-0.25, -0.2) is 14.8 Å². The Bertz CT molecular complexity index is 474. The number of hydrogen-bond acceptors (Lipinski definition) is 5. The zero-order chi connectivity index (χ0) is 14.0. The lowest BCUT2D eigenvalue weighted by molar-refractivity contribution is -0.163. The van der Waals surface area contributed by atoms with Gasteiger partial charge in [0, 0.05) is 25.2 Å². The SMILES string of the molecule is Nc1nccc(C2CN(C(=O)OCC(F)(F)F)C2)n1. The second kappa shape index (κ2) is 4.90. The van der Waals surface area contributed by atoms with Crippen LogP contribution in [-0.2, 0) is 4.74 Å². The number of hydrogen-bond donors (Lipinski definition) is 1. The number of likely N-dealkylation sites (tertiary alicyclic amines) is 1. The van der Waals surface area contributed by atoms with Crippen molar-refractivity contribution in [1.82, 2.24) is 14.9 Å². The summed E-state index contributed by atoms with van der Waals surface area (Å²) in [4.78, 5) is 20.1. The number of anilines is 1. The van der Waals surface area contributed by atoms with Gasteiger partial charge in [0.05, 0.1) is 5.69 Å². The van der Waals surface area contributed by atoms with E-state index < -0.39 is 18.9 Å². The van der Waals surface area contributed by atoms with Crippen molar-refractivity contribution in [2.24, 2.45) is 0 Å². The van der Waals surface area contributed by atoms with Crippen molar-refractivity contribution in [2.75, 3.05) is 25.4 Å². The molecule has 0 spiro atoms. The molecule has 0 bridgehead atoms. The number of alkyl halides is 3. The Morgan fingerprint density at radius 3 is 2.79 bits per heavy atom. The van der Waals surface area contributed by atoms with Gasteiger partial charge in [0.25, 0.3) is 0 Å². The first kappa shape index (κ1) is 13.4. The van der Waals surface area contributed by atoms with Gasteiger partial charge in [0.1, 0.15) is 0 Å². The number of aromatic nitrogens is 2. The molecule has 0 radical (unpaired) electrons. The summed E-state index contributed by atoms with van der Waals surface area (Å²) < 4.78 is 39.7. The quantitative estimate of drug-likeness (QED) is 0.876. The van der Waals surface area contributed by atoms with Crippen LogP contribution in [0.1, 0.15) is 11.6 Å². The topological polar surface area (TPSA) is 81.3 Å². The molecule has 104 valence electrons. The van der Waals surface area contributed by atoms with Crippen LogP contribution >= 0.6 is 0 Å². The molecule has 2 rings (SSSR count). The van der Waals surface area contributed by atoms with E-state index in [9.17, 15) is 18.0 Å². The van der Waals surface area contributed by atoms with Gasteiger partial charge in [0.15, 0.2) is 6.61 Å². The number of halogens is 3. The summed E-state index contributed by atoms with van der Waals surface area (Å²) in [6.45, 7) is -1.06. The molecule has 1 saturated heterocycles. The molecule has 0 saturated carbocycles. The van der Waals surface area contributed by atoms with Gasteiger partial charge < -0.3 is 15.4 Å². The van der Waals surface area contributed by atoms with E-state index in [1.54, 1.807) is 6.07 Å². The number of carbonyl (C=O) groups excluding carboxylic acids is 1. The minimum atomic E-state index is -4.51. The van der Waals surface area contributed by atoms with Gasteiger partial charge in [-0.2, -0.15) is 13.2 Å². The van der Waals surface area contributed by atoms with Crippen molar-refractivity contribution < 1.29 is 22.7 Å². The van der Waals surface area contributed by atoms with E-state index in [2.05, 4.69) is 14.7 Å². The standard InChI is InChI=1S/C10H11F3N4O2/c11-10(12,13)5-19-9(18)17-3-6(4-17)7-1-2-15-8(14)16-7/h1-2,6H,3-5H2,(H2,14,15,16). The first-order valence-corrected chi connectivity index (χ1v) is 5.42. The van der Waals surface area contributed by atoms with Crippen molar-refractivity contribution in [3.8, 4) is 0 Å². The van der Waals surface area contributed by atoms with Crippen LogP contribution in [0.3, 0.4) is 0 Å². The number of amides is 1. The molecule has 0 aliphatic carbocycles. The Morgan fingerprint density at radius 2 is 2.21 bits per heavy atom. The van der Waals surface area contributed by atoms with Crippen molar-refractivity contribution >= 4 is 12.0 Å². The predicted octanol–water partition coefficient (Wildman–Crippen LogP) is 1.16. The van der Waals surface area contributed by atoms with E-state index in [1.807, 2.05) is 0 Å². The van der Waals surface area contributed by atoms with E-state index in [4.69, 9.17) is 5.73 Å². The fraction of sp³-hybridized carbons (Fsp3) is 0.500. The maximum Gasteiger partial charge on any atom is 0.422 e. The summed E-state index contributed by atoms with van der Waals surface area (Å²) in [5.41, 5.74) is 6.07. The van der Waals surface area contributed by atoms with Crippen molar-refractivity contribution in [3.63, 3.8) is 0 Å². The highest BCUT2D eigenvalue weighted by molar-refractivity contribution is 5.69. The van der Waals surface area contributed by atoms with Crippen LogP contribution < -0.4 is 5.73 Å². The molecule has 6 nitrogen and oxygen atoms in total. The molecular formula is C10H11F3N4O2. The monoisotopic (exact) mass is 276 g/mol. The van der Waals surface area contributed by atoms with Crippen LogP contribution in [0.5, 0.6) is 0 Å². The third-order valence-corrected chi connectivity index (χ3v) is 2.61. The molecule has 1 aromatic heterocycles. The van der Waals surface area contributed by atoms with Crippen molar-refractivity contribution in [2.45, 2.75) is 12.1 Å². The van der Waals surface area contributed by atoms with E-state index in [0.717, 1.165) is 0 Å². The number of nitrogen functional groups attached to an aromatic ring is 1. The first-order valence-electron chi connectivity index (χ1n) is 5.42. The summed E-state index contributed by atoms with van der Waals surface area (Å²) in [5, 5.41) is 0. The van der Waals surface area contributed by atoms with Crippen LogP contribution in [0.4, 0.5) is 23.9 Å². The Labute approximate surface area is 106 Å². The molecule has 0 aromatic carbocycles. The Hall–Kier alpha value is -2.06. The number of rotatable bonds is 2. The average Bonchev–Trinajstić information content (AvgIpc) is 2.23. The molecule has 1 aliphatic rings. The van der Waals surface area contributed by atoms with E-state index in [0.29, 0.717) is 5.69 Å². The number of ether oxygens (including phenoxy) is 1. The normalized spacial score (nSPS) is 16.1. The number of carbonyl (C=O) groups is 1. The van der Waals surface area contributed by atoms with E-state index >= 15 is 0 Å². The molecular weight excluding hydrogens is 265 g/mol. The highest BCUT2D eigenvalue weighted by Crippen LogP contribution is 2.26. The molecule has 1 amide bonds. The summed E-state index contributed by atoms with van der Waals surface area (Å²) in [7, 11) is 0. The minimum Gasteiger partial charge on any atom is -0.440 e. The lowest BCUT2D eigenvalue weighted by Crippen LogP contribution is -2.49. The number of nitrogens with zero attached hydrogens (tertiary/aromatic N) is 3. The van der Waals surface area contributed by atoms with Crippen molar-refractivity contribution in [3.05, 3.63) is 18.0 Å². The average molecular weight is 276 g/mol. The highest BCUT2D eigenvalue weighted by Gasteiger charge is 2.36. The molecule has 1 aliphatic heterocycles. The minimum absolute atomic E-state index is 0.0521. The molecule has 1 fully saturated rings. The predicted molar refractivity (Wildman–Crippen MR) is 58.2 cm³/mol. The zero-order valence-corrected chi connectivity index (χ0v) is 9.72. The summed E-state index contributed by atoms with van der Waals surface area (Å²) in [6.07, 6.45) is -4.00. The molecule has 19 heavy (non-hydrogen) atoms. The maximum absolute atomic E-state index is 11.9. The van der Waals surface area contributed by atoms with Crippen LogP contribution in [0.15, 0.2) is 12.3 Å². The lowest BCUT2D eigenvalue weighted by Gasteiger charge is -2.37. The fourth-order valence-corrected chi connectivity index (χ4v) is 1.67. The van der Waals surface area contributed by atoms with Gasteiger partial charge in [-0.3, -0.25) is 0 Å². The summed E-state index contributed by atoms with van der Waals surface area (Å²) in [6, 6.07) is 1.65. The van der Waals surface area contributed by atoms with Crippen LogP contribution in [0.25, 0.3) is 0 Å². The van der Waals surface area contributed by atoms with Crippen LogP contribution in [0, 0.1) is 0 Å². The molecule has 0 atom stereocenters. The van der Waals surface area contributed by atoms with Gasteiger partial charge in [-0.1, -0.05) is 0 Å². The molecule has 1 aromatic rings. The molecule has 0 unspecified atom stereocenters. The Balaban J connectivity index is 1.81. The van der Waals surface area contributed by atoms with Gasteiger partial charge >= 0.3 is 12.3 Å². The lowest BCUT2D eigenvalue weighted by atomic mass is 9.97. The Morgan fingerprint density at radius 1 is 1.53 bits per heavy atom. The van der Waals surface area contributed by atoms with E-state index in [-0.39, 0.29) is 25.0 Å². The highest BCUT2D eigenvalue weighted by atomic mass is 19.4. The molecule has 2 heterocycles. The third-order valence-electron chi connectivity index (χ3n) is 2.61. The smallest absolute Gasteiger partial charge is 0.422 e. The van der Waals surface area contributed by atoms with Gasteiger partial charge in [-0.05, 0) is 6.07 Å². The fourth-order valence-electron chi connectivity index (χ4n) is 1.67. The summed E-state index contributed by atoms with van der Waals surface area (Å²) in [5.74, 6) is 0.0688. The zero-order valence-electron chi connectivity index (χ0n) is 9.72. The molecule has 2 N–H and O–H groups in total. The first-order chi connectivity index (χ1) is 8.85. The maximum atomic E-state index is 11.9. The summed E-state index contributed by atoms with van der Waals surface area (Å²) >= 11 is 0. The second-order valence-corrected chi connectivity index (χ2v) is 4.11. The van der Waals surface area contributed by atoms with Gasteiger partial charge in [-0.15, -0.1) is 0 Å². The largest absolute Gasteiger partial charge is 0.440 e. The number of nitrogens with two attached hydrogens (primary N) is 1. The second-order valence-electron chi connectivity index (χ2n) is 4.11. The van der Waals surface area contributed by atoms with Crippen LogP contribution in [0.2, 0.25) is 0 Å². The Kier molecular flexibility index (Phi) is 3.45. The molecule has 9 heteroatoms.